The Bertz CT molecular complexity index is 1040. The van der Waals surface area contributed by atoms with Crippen LogP contribution in [0, 0.1) is 23.7 Å². The molecular formula is C36H68N6O7. The standard InChI is InChI=1S/C36H68N6O7/c1-9-10-11-15-18-30(49-23(4)21-39-33(45)24(5)26(7)43)25(6)36(48)42(8)29(19-22(2)3)34(46)41-31(27-16-13-12-14-17-27)35(47)40-28(20-37)32(38)44/h22-31,43H,9-21,37H2,1-8H3,(H2,38,44)(H,39,45)(H,40,47)(H,41,46)/t23-,24+,25-,26+,28+,29+,30-,31+/m1/s1. The number of carbonyl (C=O) groups is 5. The number of unbranched alkanes of at least 4 members (excludes halogenated alkanes) is 3. The van der Waals surface area contributed by atoms with Crippen molar-refractivity contribution in [2.45, 2.75) is 156 Å². The van der Waals surface area contributed by atoms with Crippen LogP contribution in [0.5, 0.6) is 0 Å². The average Bonchev–Trinajstić information content (AvgIpc) is 3.07. The number of hydrogen-bond acceptors (Lipinski definition) is 8. The molecule has 1 saturated carbocycles. The van der Waals surface area contributed by atoms with E-state index in [1.807, 2.05) is 27.7 Å². The molecule has 8 N–H and O–H groups in total. The summed E-state index contributed by atoms with van der Waals surface area (Å²) in [5, 5.41) is 18.2. The van der Waals surface area contributed by atoms with Crippen LogP contribution in [-0.2, 0) is 28.7 Å². The second-order valence-corrected chi connectivity index (χ2v) is 14.6. The number of rotatable bonds is 23. The second kappa shape index (κ2) is 22.8. The Morgan fingerprint density at radius 1 is 0.878 bits per heavy atom. The molecule has 0 aliphatic heterocycles. The van der Waals surface area contributed by atoms with Gasteiger partial charge in [0, 0.05) is 20.1 Å². The lowest BCUT2D eigenvalue weighted by molar-refractivity contribution is -0.148. The molecule has 1 rings (SSSR count). The number of likely N-dealkylation sites (N-methyl/N-ethyl adjacent to an activating group) is 1. The summed E-state index contributed by atoms with van der Waals surface area (Å²) in [6.45, 7) is 13.0. The van der Waals surface area contributed by atoms with Crippen molar-refractivity contribution in [3.63, 3.8) is 0 Å². The molecule has 1 fully saturated rings. The number of primary amides is 1. The van der Waals surface area contributed by atoms with Crippen molar-refractivity contribution in [1.82, 2.24) is 20.9 Å². The van der Waals surface area contributed by atoms with Gasteiger partial charge in [-0.25, -0.2) is 0 Å². The minimum Gasteiger partial charge on any atom is -0.393 e. The minimum atomic E-state index is -1.06. The van der Waals surface area contributed by atoms with E-state index in [1.165, 1.54) is 4.90 Å². The van der Waals surface area contributed by atoms with Gasteiger partial charge >= 0.3 is 0 Å². The van der Waals surface area contributed by atoms with E-state index in [-0.39, 0.29) is 36.7 Å². The van der Waals surface area contributed by atoms with Gasteiger partial charge in [0.05, 0.1) is 30.1 Å². The van der Waals surface area contributed by atoms with Gasteiger partial charge in [-0.05, 0) is 51.4 Å². The Labute approximate surface area is 294 Å². The van der Waals surface area contributed by atoms with Crippen molar-refractivity contribution in [1.29, 1.82) is 0 Å². The fraction of sp³-hybridized carbons (Fsp3) is 0.861. The zero-order valence-electron chi connectivity index (χ0n) is 31.5. The second-order valence-electron chi connectivity index (χ2n) is 14.6. The van der Waals surface area contributed by atoms with Gasteiger partial charge in [-0.15, -0.1) is 0 Å². The molecule has 1 aliphatic rings. The summed E-state index contributed by atoms with van der Waals surface area (Å²) in [7, 11) is 1.62. The third-order valence-electron chi connectivity index (χ3n) is 9.81. The molecule has 13 nitrogen and oxygen atoms in total. The zero-order valence-corrected chi connectivity index (χ0v) is 31.5. The number of aliphatic hydroxyl groups excluding tert-OH is 1. The van der Waals surface area contributed by atoms with Crippen LogP contribution in [0.3, 0.4) is 0 Å². The maximum absolute atomic E-state index is 14.1. The highest BCUT2D eigenvalue weighted by atomic mass is 16.5. The number of nitrogens with two attached hydrogens (primary N) is 2. The molecule has 5 amide bonds. The van der Waals surface area contributed by atoms with E-state index < -0.39 is 66.0 Å². The molecule has 0 spiro atoms. The van der Waals surface area contributed by atoms with Crippen LogP contribution < -0.4 is 27.4 Å². The van der Waals surface area contributed by atoms with E-state index in [0.717, 1.165) is 57.8 Å². The smallest absolute Gasteiger partial charge is 0.243 e. The lowest BCUT2D eigenvalue weighted by atomic mass is 9.83. The summed E-state index contributed by atoms with van der Waals surface area (Å²) in [6, 6.07) is -2.81. The highest BCUT2D eigenvalue weighted by Gasteiger charge is 2.38. The molecule has 0 aromatic rings. The fourth-order valence-corrected chi connectivity index (χ4v) is 6.32. The largest absolute Gasteiger partial charge is 0.393 e. The molecular weight excluding hydrogens is 628 g/mol. The molecule has 0 heterocycles. The van der Waals surface area contributed by atoms with Crippen molar-refractivity contribution in [3.05, 3.63) is 0 Å². The van der Waals surface area contributed by atoms with Gasteiger partial charge in [-0.1, -0.05) is 79.6 Å². The minimum absolute atomic E-state index is 0.0634. The molecule has 1 aliphatic carbocycles. The maximum Gasteiger partial charge on any atom is 0.243 e. The van der Waals surface area contributed by atoms with E-state index in [2.05, 4.69) is 22.9 Å². The summed E-state index contributed by atoms with van der Waals surface area (Å²) in [6.07, 6.45) is 7.74. The highest BCUT2D eigenvalue weighted by molar-refractivity contribution is 5.94. The number of carbonyl (C=O) groups excluding carboxylic acids is 5. The highest BCUT2D eigenvalue weighted by Crippen LogP contribution is 2.28. The Kier molecular flexibility index (Phi) is 20.6. The Balaban J connectivity index is 3.21. The van der Waals surface area contributed by atoms with Crippen LogP contribution in [0.1, 0.15) is 119 Å². The molecule has 0 unspecified atom stereocenters. The number of nitrogens with one attached hydrogen (secondary N) is 3. The predicted molar refractivity (Wildman–Crippen MR) is 191 cm³/mol. The van der Waals surface area contributed by atoms with Crippen LogP contribution in [0.4, 0.5) is 0 Å². The van der Waals surface area contributed by atoms with Gasteiger partial charge in [0.1, 0.15) is 18.1 Å². The monoisotopic (exact) mass is 697 g/mol. The summed E-state index contributed by atoms with van der Waals surface area (Å²) < 4.78 is 6.39. The summed E-state index contributed by atoms with van der Waals surface area (Å²) >= 11 is 0. The van der Waals surface area contributed by atoms with Gasteiger partial charge in [0.15, 0.2) is 0 Å². The van der Waals surface area contributed by atoms with Crippen molar-refractivity contribution in [3.8, 4) is 0 Å². The normalized spacial score (nSPS) is 18.7. The van der Waals surface area contributed by atoms with Gasteiger partial charge in [-0.3, -0.25) is 24.0 Å². The molecule has 0 aromatic heterocycles. The van der Waals surface area contributed by atoms with E-state index in [1.54, 1.807) is 20.9 Å². The first-order valence-corrected chi connectivity index (χ1v) is 18.5. The first kappa shape index (κ1) is 44.3. The third-order valence-corrected chi connectivity index (χ3v) is 9.81. The Hall–Kier alpha value is -2.77. The fourth-order valence-electron chi connectivity index (χ4n) is 6.32. The Morgan fingerprint density at radius 3 is 2.04 bits per heavy atom. The van der Waals surface area contributed by atoms with E-state index in [9.17, 15) is 29.1 Å². The summed E-state index contributed by atoms with van der Waals surface area (Å²) in [5.74, 6) is -3.45. The number of ether oxygens (including phenoxy) is 1. The molecule has 0 saturated heterocycles. The lowest BCUT2D eigenvalue weighted by Crippen LogP contribution is -2.60. The topological polar surface area (TPSA) is 206 Å². The molecule has 8 atom stereocenters. The third kappa shape index (κ3) is 15.3. The summed E-state index contributed by atoms with van der Waals surface area (Å²) in [5.41, 5.74) is 11.1. The van der Waals surface area contributed by atoms with Gasteiger partial charge < -0.3 is 42.2 Å². The van der Waals surface area contributed by atoms with Crippen LogP contribution in [-0.4, -0.2) is 96.1 Å². The lowest BCUT2D eigenvalue weighted by Gasteiger charge is -2.36. The Morgan fingerprint density at radius 2 is 1.51 bits per heavy atom. The van der Waals surface area contributed by atoms with Crippen molar-refractivity contribution in [2.75, 3.05) is 20.1 Å². The zero-order chi connectivity index (χ0) is 37.3. The number of amides is 5. The van der Waals surface area contributed by atoms with Gasteiger partial charge in [0.2, 0.25) is 29.5 Å². The molecule has 284 valence electrons. The van der Waals surface area contributed by atoms with Crippen LogP contribution in [0.15, 0.2) is 0 Å². The van der Waals surface area contributed by atoms with Crippen LogP contribution >= 0.6 is 0 Å². The predicted octanol–water partition coefficient (Wildman–Crippen LogP) is 2.37. The van der Waals surface area contributed by atoms with E-state index in [4.69, 9.17) is 16.2 Å². The van der Waals surface area contributed by atoms with Crippen molar-refractivity contribution in [2.24, 2.45) is 35.1 Å². The molecule has 0 aromatic carbocycles. The van der Waals surface area contributed by atoms with Crippen LogP contribution in [0.25, 0.3) is 0 Å². The molecule has 49 heavy (non-hydrogen) atoms. The number of aliphatic hydroxyl groups is 1. The van der Waals surface area contributed by atoms with E-state index in [0.29, 0.717) is 12.8 Å². The van der Waals surface area contributed by atoms with Crippen LogP contribution in [0.2, 0.25) is 0 Å². The average molecular weight is 697 g/mol. The quantitative estimate of drug-likeness (QED) is 0.0873. The first-order chi connectivity index (χ1) is 23.0. The van der Waals surface area contributed by atoms with Crippen molar-refractivity contribution >= 4 is 29.5 Å². The molecule has 0 radical (unpaired) electrons. The van der Waals surface area contributed by atoms with Crippen molar-refractivity contribution < 1.29 is 33.8 Å². The maximum atomic E-state index is 14.1. The van der Waals surface area contributed by atoms with Gasteiger partial charge in [0.25, 0.3) is 0 Å². The molecule has 13 heteroatoms. The first-order valence-electron chi connectivity index (χ1n) is 18.5. The summed E-state index contributed by atoms with van der Waals surface area (Å²) in [4.78, 5) is 67.4. The van der Waals surface area contributed by atoms with E-state index >= 15 is 0 Å². The number of nitrogens with zero attached hydrogens (tertiary/aromatic N) is 1. The molecule has 0 bridgehead atoms. The van der Waals surface area contributed by atoms with Gasteiger partial charge in [-0.2, -0.15) is 0 Å². The SMILES string of the molecule is CCCCCC[C@@H](O[C@H](C)CNC(=O)[C@@H](C)[C@H](C)O)[C@@H](C)C(=O)N(C)[C@@H](CC(C)C)C(=O)N[C@H](C(=O)N[C@@H](CN)C(N)=O)C1CCCCC1. The number of hydrogen-bond donors (Lipinski definition) is 6.